The number of anilines is 1. The van der Waals surface area contributed by atoms with E-state index in [9.17, 15) is 8.42 Å². The maximum absolute atomic E-state index is 13.0. The van der Waals surface area contributed by atoms with Gasteiger partial charge in [-0.2, -0.15) is 0 Å². The molecule has 5 nitrogen and oxygen atoms in total. The third-order valence-electron chi connectivity index (χ3n) is 4.41. The third-order valence-corrected chi connectivity index (χ3v) is 6.03. The molecule has 1 aromatic heterocycles. The zero-order valence-electron chi connectivity index (χ0n) is 14.9. The Morgan fingerprint density at radius 3 is 2.50 bits per heavy atom. The quantitative estimate of drug-likeness (QED) is 0.467. The van der Waals surface area contributed by atoms with E-state index in [4.69, 9.17) is 16.3 Å². The molecule has 142 valence electrons. The summed E-state index contributed by atoms with van der Waals surface area (Å²) in [6.45, 7) is 0. The van der Waals surface area contributed by atoms with Gasteiger partial charge in [-0.15, -0.1) is 0 Å². The lowest BCUT2D eigenvalue weighted by atomic mass is 10.1. The number of ether oxygens (including phenoxy) is 1. The Kier molecular flexibility index (Phi) is 4.75. The SMILES string of the molecule is COc1ccc(Cl)cc1S(=O)(=O)Nc1ccccc1-c1cc2ccccc2[nH]1. The lowest BCUT2D eigenvalue weighted by Crippen LogP contribution is -2.14. The van der Waals surface area contributed by atoms with Crippen molar-refractivity contribution in [1.82, 2.24) is 4.98 Å². The Balaban J connectivity index is 1.78. The van der Waals surface area contributed by atoms with E-state index in [1.807, 2.05) is 42.5 Å². The van der Waals surface area contributed by atoms with Gasteiger partial charge in [0.2, 0.25) is 0 Å². The Hall–Kier alpha value is -2.96. The van der Waals surface area contributed by atoms with Crippen LogP contribution in [-0.4, -0.2) is 20.5 Å². The van der Waals surface area contributed by atoms with Crippen LogP contribution in [0.15, 0.2) is 77.7 Å². The smallest absolute Gasteiger partial charge is 0.265 e. The van der Waals surface area contributed by atoms with Gasteiger partial charge in [-0.1, -0.05) is 48.0 Å². The Labute approximate surface area is 168 Å². The zero-order chi connectivity index (χ0) is 19.7. The van der Waals surface area contributed by atoms with Crippen molar-refractivity contribution in [3.8, 4) is 17.0 Å². The van der Waals surface area contributed by atoms with E-state index in [-0.39, 0.29) is 10.6 Å². The molecule has 0 fully saturated rings. The zero-order valence-corrected chi connectivity index (χ0v) is 16.5. The summed E-state index contributed by atoms with van der Waals surface area (Å²) in [5.74, 6) is 0.222. The summed E-state index contributed by atoms with van der Waals surface area (Å²) < 4.78 is 33.9. The highest BCUT2D eigenvalue weighted by Gasteiger charge is 2.22. The molecule has 0 aliphatic carbocycles. The number of rotatable bonds is 5. The first-order valence-corrected chi connectivity index (χ1v) is 10.4. The van der Waals surface area contributed by atoms with E-state index < -0.39 is 10.0 Å². The molecule has 3 aromatic carbocycles. The van der Waals surface area contributed by atoms with Crippen LogP contribution in [0, 0.1) is 0 Å². The van der Waals surface area contributed by atoms with E-state index in [1.54, 1.807) is 18.2 Å². The summed E-state index contributed by atoms with van der Waals surface area (Å²) in [7, 11) is -2.50. The average Bonchev–Trinajstić information content (AvgIpc) is 3.12. The van der Waals surface area contributed by atoms with Crippen LogP contribution < -0.4 is 9.46 Å². The Morgan fingerprint density at radius 1 is 0.964 bits per heavy atom. The number of para-hydroxylation sites is 2. The first-order valence-electron chi connectivity index (χ1n) is 8.51. The summed E-state index contributed by atoms with van der Waals surface area (Å²) in [6.07, 6.45) is 0. The van der Waals surface area contributed by atoms with E-state index in [0.29, 0.717) is 10.7 Å². The molecule has 2 N–H and O–H groups in total. The molecule has 0 aliphatic rings. The highest BCUT2D eigenvalue weighted by Crippen LogP contribution is 2.33. The number of aromatic amines is 1. The van der Waals surface area contributed by atoms with Crippen molar-refractivity contribution in [2.75, 3.05) is 11.8 Å². The van der Waals surface area contributed by atoms with Crippen LogP contribution in [0.4, 0.5) is 5.69 Å². The Bertz CT molecular complexity index is 1230. The van der Waals surface area contributed by atoms with Crippen LogP contribution in [0.1, 0.15) is 0 Å². The van der Waals surface area contributed by atoms with Crippen LogP contribution in [0.3, 0.4) is 0 Å². The van der Waals surface area contributed by atoms with E-state index >= 15 is 0 Å². The minimum Gasteiger partial charge on any atom is -0.495 e. The summed E-state index contributed by atoms with van der Waals surface area (Å²) in [5.41, 5.74) is 2.99. The fourth-order valence-corrected chi connectivity index (χ4v) is 4.60. The minimum atomic E-state index is -3.91. The second-order valence-electron chi connectivity index (χ2n) is 6.22. The average molecular weight is 413 g/mol. The van der Waals surface area contributed by atoms with Gasteiger partial charge in [-0.05, 0) is 36.4 Å². The number of aromatic nitrogens is 1. The standard InChI is InChI=1S/C21H17ClN2O3S/c1-27-20-11-10-15(22)13-21(20)28(25,26)24-18-9-5-3-7-16(18)19-12-14-6-2-4-8-17(14)23-19/h2-13,23-24H,1H3. The van der Waals surface area contributed by atoms with Crippen molar-refractivity contribution in [3.63, 3.8) is 0 Å². The molecule has 7 heteroatoms. The fraction of sp³-hybridized carbons (Fsp3) is 0.0476. The lowest BCUT2D eigenvalue weighted by molar-refractivity contribution is 0.403. The number of nitrogens with one attached hydrogen (secondary N) is 2. The van der Waals surface area contributed by atoms with Gasteiger partial charge < -0.3 is 9.72 Å². The monoisotopic (exact) mass is 412 g/mol. The maximum atomic E-state index is 13.0. The van der Waals surface area contributed by atoms with Crippen molar-refractivity contribution in [2.24, 2.45) is 0 Å². The number of H-pyrrole nitrogens is 1. The molecule has 28 heavy (non-hydrogen) atoms. The molecule has 0 spiro atoms. The summed E-state index contributed by atoms with van der Waals surface area (Å²) in [4.78, 5) is 3.31. The van der Waals surface area contributed by atoms with Crippen molar-refractivity contribution >= 4 is 38.2 Å². The second kappa shape index (κ2) is 7.22. The number of benzene rings is 3. The van der Waals surface area contributed by atoms with Gasteiger partial charge in [0.05, 0.1) is 12.8 Å². The minimum absolute atomic E-state index is 0.0195. The lowest BCUT2D eigenvalue weighted by Gasteiger charge is -2.14. The number of sulfonamides is 1. The van der Waals surface area contributed by atoms with Crippen molar-refractivity contribution < 1.29 is 13.2 Å². The highest BCUT2D eigenvalue weighted by atomic mass is 35.5. The van der Waals surface area contributed by atoms with Crippen molar-refractivity contribution in [3.05, 3.63) is 77.8 Å². The van der Waals surface area contributed by atoms with Gasteiger partial charge in [-0.3, -0.25) is 4.72 Å². The van der Waals surface area contributed by atoms with Gasteiger partial charge in [0.25, 0.3) is 10.0 Å². The Morgan fingerprint density at radius 2 is 1.71 bits per heavy atom. The van der Waals surface area contributed by atoms with E-state index in [0.717, 1.165) is 22.2 Å². The maximum Gasteiger partial charge on any atom is 0.265 e. The molecule has 0 aliphatic heterocycles. The van der Waals surface area contributed by atoms with Gasteiger partial charge >= 0.3 is 0 Å². The molecule has 1 heterocycles. The van der Waals surface area contributed by atoms with Crippen LogP contribution in [-0.2, 0) is 10.0 Å². The van der Waals surface area contributed by atoms with Crippen molar-refractivity contribution in [2.45, 2.75) is 4.90 Å². The number of hydrogen-bond acceptors (Lipinski definition) is 3. The number of fused-ring (bicyclic) bond motifs is 1. The van der Waals surface area contributed by atoms with Crippen molar-refractivity contribution in [1.29, 1.82) is 0 Å². The normalized spacial score (nSPS) is 11.5. The molecule has 0 radical (unpaired) electrons. The first-order chi connectivity index (χ1) is 13.5. The summed E-state index contributed by atoms with van der Waals surface area (Å²) in [5, 5.41) is 1.36. The molecule has 0 amide bonds. The molecule has 4 aromatic rings. The fourth-order valence-electron chi connectivity index (χ4n) is 3.09. The topological polar surface area (TPSA) is 71.2 Å². The van der Waals surface area contributed by atoms with Crippen LogP contribution in [0.2, 0.25) is 5.02 Å². The summed E-state index contributed by atoms with van der Waals surface area (Å²) in [6, 6.07) is 21.6. The molecule has 0 saturated carbocycles. The second-order valence-corrected chi connectivity index (χ2v) is 8.30. The summed E-state index contributed by atoms with van der Waals surface area (Å²) >= 11 is 6.00. The number of hydrogen-bond donors (Lipinski definition) is 2. The number of methoxy groups -OCH3 is 1. The molecule has 0 bridgehead atoms. The van der Waals surface area contributed by atoms with Crippen LogP contribution in [0.25, 0.3) is 22.2 Å². The van der Waals surface area contributed by atoms with E-state index in [2.05, 4.69) is 9.71 Å². The largest absolute Gasteiger partial charge is 0.495 e. The van der Waals surface area contributed by atoms with Crippen LogP contribution >= 0.6 is 11.6 Å². The molecular formula is C21H17ClN2O3S. The predicted octanol–water partition coefficient (Wildman–Crippen LogP) is 5.30. The van der Waals surface area contributed by atoms with Gasteiger partial charge in [0.15, 0.2) is 0 Å². The molecule has 0 unspecified atom stereocenters. The van der Waals surface area contributed by atoms with Gasteiger partial charge in [0, 0.05) is 27.2 Å². The predicted molar refractivity (Wildman–Crippen MR) is 113 cm³/mol. The van der Waals surface area contributed by atoms with Crippen LogP contribution in [0.5, 0.6) is 5.75 Å². The third kappa shape index (κ3) is 3.44. The molecule has 0 saturated heterocycles. The molecule has 4 rings (SSSR count). The highest BCUT2D eigenvalue weighted by molar-refractivity contribution is 7.92. The van der Waals surface area contributed by atoms with Gasteiger partial charge in [0.1, 0.15) is 10.6 Å². The number of halogens is 1. The van der Waals surface area contributed by atoms with E-state index in [1.165, 1.54) is 19.2 Å². The first kappa shape index (κ1) is 18.4. The molecule has 0 atom stereocenters. The molecular weight excluding hydrogens is 396 g/mol. The van der Waals surface area contributed by atoms with Gasteiger partial charge in [-0.25, -0.2) is 8.42 Å².